The van der Waals surface area contributed by atoms with E-state index in [1.807, 2.05) is 0 Å². The minimum absolute atomic E-state index is 0.282. The Morgan fingerprint density at radius 1 is 1.04 bits per heavy atom. The summed E-state index contributed by atoms with van der Waals surface area (Å²) in [6, 6.07) is 7.29. The Hall–Kier alpha value is -0.0800. The molecule has 0 aromatic heterocycles. The maximum Gasteiger partial charge on any atom is 0.0570 e. The second kappa shape index (κ2) is 8.08. The first-order valence-corrected chi connectivity index (χ1v) is 10.9. The number of benzene rings is 1. The third-order valence-corrected chi connectivity index (χ3v) is 6.28. The fourth-order valence-corrected chi connectivity index (χ4v) is 4.59. The van der Waals surface area contributed by atoms with Crippen molar-refractivity contribution in [3.63, 3.8) is 0 Å². The molecular weight excluding hydrogens is 424 g/mol. The summed E-state index contributed by atoms with van der Waals surface area (Å²) in [7, 11) is 0. The molecule has 2 rings (SSSR count). The number of hydrogen-bond donors (Lipinski definition) is 0. The van der Waals surface area contributed by atoms with Crippen molar-refractivity contribution < 1.29 is 0 Å². The molecule has 0 bridgehead atoms. The van der Waals surface area contributed by atoms with E-state index in [1.54, 1.807) is 11.1 Å². The third kappa shape index (κ3) is 4.75. The van der Waals surface area contributed by atoms with Crippen molar-refractivity contribution in [2.75, 3.05) is 0 Å². The van der Waals surface area contributed by atoms with Gasteiger partial charge in [-0.2, -0.15) is 0 Å². The highest BCUT2D eigenvalue weighted by Crippen LogP contribution is 2.46. The van der Waals surface area contributed by atoms with Crippen molar-refractivity contribution in [2.24, 2.45) is 0 Å². The molecule has 24 heavy (non-hydrogen) atoms. The molecule has 0 spiro atoms. The van der Waals surface area contributed by atoms with Crippen LogP contribution in [0.25, 0.3) is 0 Å². The Balaban J connectivity index is 2.41. The van der Waals surface area contributed by atoms with Crippen LogP contribution in [0.2, 0.25) is 0 Å². The molecule has 0 saturated heterocycles. The van der Waals surface area contributed by atoms with Crippen LogP contribution in [-0.2, 0) is 10.8 Å². The van der Waals surface area contributed by atoms with Crippen molar-refractivity contribution in [1.82, 2.24) is 0 Å². The molecule has 1 aromatic carbocycles. The zero-order chi connectivity index (χ0) is 18.0. The molecule has 0 aliphatic heterocycles. The van der Waals surface area contributed by atoms with E-state index in [0.717, 1.165) is 3.39 Å². The van der Waals surface area contributed by atoms with Gasteiger partial charge in [-0.15, -0.1) is 0 Å². The lowest BCUT2D eigenvalue weighted by molar-refractivity contribution is 0.331. The first-order valence-electron chi connectivity index (χ1n) is 9.35. The fourth-order valence-electron chi connectivity index (χ4n) is 3.95. The number of unbranched alkanes of at least 4 members (excludes halogenated alkanes) is 2. The van der Waals surface area contributed by atoms with E-state index >= 15 is 0 Å². The molecule has 1 aliphatic rings. The zero-order valence-corrected chi connectivity index (χ0v) is 19.1. The van der Waals surface area contributed by atoms with E-state index in [1.165, 1.54) is 44.1 Å². The first kappa shape index (κ1) is 20.2. The summed E-state index contributed by atoms with van der Waals surface area (Å²) in [6.45, 7) is 11.9. The van der Waals surface area contributed by atoms with Crippen LogP contribution in [0.1, 0.15) is 95.8 Å². The van der Waals surface area contributed by atoms with Gasteiger partial charge in [0, 0.05) is 5.92 Å². The van der Waals surface area contributed by atoms with Crippen molar-refractivity contribution in [3.05, 3.63) is 44.4 Å². The molecule has 0 amide bonds. The molecule has 134 valence electrons. The van der Waals surface area contributed by atoms with Crippen LogP contribution in [0.3, 0.4) is 0 Å². The predicted molar refractivity (Wildman–Crippen MR) is 115 cm³/mol. The SMILES string of the molecule is CCCCC[C@@H](C=C(Br)Br)c1ccc2c(c1)C(C)(C)CCC2(C)C. The van der Waals surface area contributed by atoms with Crippen LogP contribution in [0.5, 0.6) is 0 Å². The normalized spacial score (nSPS) is 19.5. The molecule has 1 atom stereocenters. The van der Waals surface area contributed by atoms with Gasteiger partial charge in [0.25, 0.3) is 0 Å². The van der Waals surface area contributed by atoms with Gasteiger partial charge in [-0.3, -0.25) is 0 Å². The highest BCUT2D eigenvalue weighted by molar-refractivity contribution is 9.28. The van der Waals surface area contributed by atoms with Crippen LogP contribution >= 0.6 is 31.9 Å². The minimum atomic E-state index is 0.282. The monoisotopic (exact) mass is 454 g/mol. The van der Waals surface area contributed by atoms with E-state index in [2.05, 4.69) is 90.8 Å². The summed E-state index contributed by atoms with van der Waals surface area (Å²) in [5.74, 6) is 0.483. The highest BCUT2D eigenvalue weighted by atomic mass is 79.9. The Morgan fingerprint density at radius 2 is 1.67 bits per heavy atom. The summed E-state index contributed by atoms with van der Waals surface area (Å²) in [6.07, 6.45) is 9.96. The van der Waals surface area contributed by atoms with Gasteiger partial charge in [0.15, 0.2) is 0 Å². The molecule has 0 N–H and O–H groups in total. The standard InChI is InChI=1S/C22H32Br2/c1-6-7-8-9-16(15-20(23)24)17-10-11-18-19(14-17)22(4,5)13-12-21(18,2)3/h10-11,14-16H,6-9,12-13H2,1-5H3/t16-/m0/s1. The maximum atomic E-state index is 3.57. The topological polar surface area (TPSA) is 0 Å². The minimum Gasteiger partial charge on any atom is -0.0654 e. The second-order valence-electron chi connectivity index (χ2n) is 8.63. The lowest BCUT2D eigenvalue weighted by Crippen LogP contribution is -2.34. The molecule has 0 saturated carbocycles. The molecular formula is C22H32Br2. The number of fused-ring (bicyclic) bond motifs is 1. The maximum absolute atomic E-state index is 3.57. The van der Waals surface area contributed by atoms with Gasteiger partial charge < -0.3 is 0 Å². The average Bonchev–Trinajstić information content (AvgIpc) is 2.50. The van der Waals surface area contributed by atoms with Gasteiger partial charge in [0.2, 0.25) is 0 Å². The summed E-state index contributed by atoms with van der Waals surface area (Å²) in [5.41, 5.74) is 5.16. The van der Waals surface area contributed by atoms with E-state index in [4.69, 9.17) is 0 Å². The van der Waals surface area contributed by atoms with Crippen LogP contribution < -0.4 is 0 Å². The number of allylic oxidation sites excluding steroid dienone is 1. The Labute approximate surface area is 165 Å². The predicted octanol–water partition coefficient (Wildman–Crippen LogP) is 8.33. The van der Waals surface area contributed by atoms with Gasteiger partial charge in [0.05, 0.1) is 3.39 Å². The van der Waals surface area contributed by atoms with Crippen molar-refractivity contribution in [2.45, 2.75) is 89.9 Å². The van der Waals surface area contributed by atoms with Crippen molar-refractivity contribution in [3.8, 4) is 0 Å². The third-order valence-electron chi connectivity index (χ3n) is 5.75. The summed E-state index contributed by atoms with van der Waals surface area (Å²) in [5, 5.41) is 0. The summed E-state index contributed by atoms with van der Waals surface area (Å²) >= 11 is 7.15. The van der Waals surface area contributed by atoms with Crippen molar-refractivity contribution in [1.29, 1.82) is 0 Å². The van der Waals surface area contributed by atoms with E-state index in [0.29, 0.717) is 11.3 Å². The molecule has 1 aromatic rings. The number of rotatable bonds is 6. The largest absolute Gasteiger partial charge is 0.0654 e. The van der Waals surface area contributed by atoms with E-state index in [-0.39, 0.29) is 5.41 Å². The van der Waals surface area contributed by atoms with Crippen LogP contribution in [0, 0.1) is 0 Å². The quantitative estimate of drug-likeness (QED) is 0.378. The molecule has 1 aliphatic carbocycles. The van der Waals surface area contributed by atoms with Crippen LogP contribution in [-0.4, -0.2) is 0 Å². The highest BCUT2D eigenvalue weighted by Gasteiger charge is 2.37. The Kier molecular flexibility index (Phi) is 6.81. The summed E-state index contributed by atoms with van der Waals surface area (Å²) < 4.78 is 1.06. The Bertz CT molecular complexity index is 592. The first-order chi connectivity index (χ1) is 11.2. The van der Waals surface area contributed by atoms with Gasteiger partial charge in [-0.05, 0) is 78.6 Å². The van der Waals surface area contributed by atoms with E-state index in [9.17, 15) is 0 Å². The number of hydrogen-bond acceptors (Lipinski definition) is 0. The smallest absolute Gasteiger partial charge is 0.0570 e. The van der Waals surface area contributed by atoms with Gasteiger partial charge in [-0.1, -0.05) is 78.2 Å². The Morgan fingerprint density at radius 3 is 2.25 bits per heavy atom. The number of halogens is 2. The fraction of sp³-hybridized carbons (Fsp3) is 0.636. The van der Waals surface area contributed by atoms with E-state index < -0.39 is 0 Å². The lowest BCUT2D eigenvalue weighted by atomic mass is 9.62. The average molecular weight is 456 g/mol. The van der Waals surface area contributed by atoms with Gasteiger partial charge in [-0.25, -0.2) is 0 Å². The summed E-state index contributed by atoms with van der Waals surface area (Å²) in [4.78, 5) is 0. The van der Waals surface area contributed by atoms with Gasteiger partial charge in [0.1, 0.15) is 0 Å². The molecule has 0 radical (unpaired) electrons. The molecule has 2 heteroatoms. The van der Waals surface area contributed by atoms with Crippen molar-refractivity contribution >= 4 is 31.9 Å². The molecule has 0 heterocycles. The second-order valence-corrected chi connectivity index (χ2v) is 11.4. The molecule has 0 unspecified atom stereocenters. The molecule has 0 fully saturated rings. The van der Waals surface area contributed by atoms with Crippen LogP contribution in [0.4, 0.5) is 0 Å². The zero-order valence-electron chi connectivity index (χ0n) is 15.9. The van der Waals surface area contributed by atoms with Gasteiger partial charge >= 0.3 is 0 Å². The van der Waals surface area contributed by atoms with Crippen LogP contribution in [0.15, 0.2) is 27.7 Å². The lowest BCUT2D eigenvalue weighted by Gasteiger charge is -2.42. The molecule has 0 nitrogen and oxygen atoms in total.